The molecule has 1 aliphatic carbocycles. The Balaban J connectivity index is 1.38. The minimum atomic E-state index is -0.0716. The number of fused-ring (bicyclic) bond motifs is 1. The van der Waals surface area contributed by atoms with E-state index in [1.807, 2.05) is 10.7 Å². The van der Waals surface area contributed by atoms with E-state index in [0.717, 1.165) is 63.3 Å². The third kappa shape index (κ3) is 3.05. The summed E-state index contributed by atoms with van der Waals surface area (Å²) in [7, 11) is 1.66. The van der Waals surface area contributed by atoms with Gasteiger partial charge in [-0.05, 0) is 38.3 Å². The zero-order chi connectivity index (χ0) is 19.1. The molecule has 0 bridgehead atoms. The summed E-state index contributed by atoms with van der Waals surface area (Å²) in [6.07, 6.45) is 7.41. The maximum Gasteiger partial charge on any atom is 0.223 e. The van der Waals surface area contributed by atoms with Crippen LogP contribution in [0.1, 0.15) is 43.1 Å². The predicted molar refractivity (Wildman–Crippen MR) is 101 cm³/mol. The molecule has 2 unspecified atom stereocenters. The SMILES string of the molecule is COc1ncccc1CN1CCC2(CCn3ncnc3C2NC(=O)C2CC2)C1. The zero-order valence-electron chi connectivity index (χ0n) is 16.2. The summed E-state index contributed by atoms with van der Waals surface area (Å²) in [4.78, 5) is 23.9. The molecule has 0 aromatic carbocycles. The molecule has 2 fully saturated rings. The van der Waals surface area contributed by atoms with Crippen LogP contribution in [0.15, 0.2) is 24.7 Å². The molecule has 8 heteroatoms. The molecular formula is C20H26N6O2. The highest BCUT2D eigenvalue weighted by molar-refractivity contribution is 5.81. The van der Waals surface area contributed by atoms with Gasteiger partial charge in [0.15, 0.2) is 0 Å². The first-order valence-corrected chi connectivity index (χ1v) is 10.1. The summed E-state index contributed by atoms with van der Waals surface area (Å²) in [6, 6.07) is 3.95. The van der Waals surface area contributed by atoms with Gasteiger partial charge in [0.2, 0.25) is 11.8 Å². The van der Waals surface area contributed by atoms with Crippen LogP contribution in [-0.4, -0.2) is 50.8 Å². The number of aromatic nitrogens is 4. The first-order valence-electron chi connectivity index (χ1n) is 10.1. The van der Waals surface area contributed by atoms with Crippen LogP contribution in [0.25, 0.3) is 0 Å². The van der Waals surface area contributed by atoms with Crippen molar-refractivity contribution < 1.29 is 9.53 Å². The summed E-state index contributed by atoms with van der Waals surface area (Å²) >= 11 is 0. The molecular weight excluding hydrogens is 356 g/mol. The van der Waals surface area contributed by atoms with Crippen LogP contribution in [0.4, 0.5) is 0 Å². The lowest BCUT2D eigenvalue weighted by atomic mass is 9.74. The number of carbonyl (C=O) groups is 1. The molecule has 1 N–H and O–H groups in total. The number of aryl methyl sites for hydroxylation is 1. The second-order valence-corrected chi connectivity index (χ2v) is 8.30. The Morgan fingerprint density at radius 2 is 2.18 bits per heavy atom. The largest absolute Gasteiger partial charge is 0.481 e. The summed E-state index contributed by atoms with van der Waals surface area (Å²) in [5.74, 6) is 1.95. The molecule has 2 aromatic rings. The van der Waals surface area contributed by atoms with E-state index >= 15 is 0 Å². The smallest absolute Gasteiger partial charge is 0.223 e. The lowest BCUT2D eigenvalue weighted by Crippen LogP contribution is -2.48. The molecule has 28 heavy (non-hydrogen) atoms. The fraction of sp³-hybridized carbons (Fsp3) is 0.600. The van der Waals surface area contributed by atoms with Crippen molar-refractivity contribution in [2.45, 2.75) is 44.8 Å². The Labute approximate surface area is 164 Å². The van der Waals surface area contributed by atoms with Gasteiger partial charge in [-0.2, -0.15) is 5.10 Å². The lowest BCUT2D eigenvalue weighted by Gasteiger charge is -2.41. The van der Waals surface area contributed by atoms with Crippen LogP contribution in [0.2, 0.25) is 0 Å². The molecule has 2 aromatic heterocycles. The van der Waals surface area contributed by atoms with E-state index in [-0.39, 0.29) is 23.3 Å². The van der Waals surface area contributed by atoms with Crippen molar-refractivity contribution in [3.63, 3.8) is 0 Å². The monoisotopic (exact) mass is 382 g/mol. The summed E-state index contributed by atoms with van der Waals surface area (Å²) in [5.41, 5.74) is 1.10. The second kappa shape index (κ2) is 6.84. The standard InChI is InChI=1S/C20H26N6O2/c1-28-19-15(3-2-8-21-19)11-25-9-6-20(12-25)7-10-26-17(22-13-23-26)16(20)24-18(27)14-4-5-14/h2-3,8,13-14,16H,4-7,9-12H2,1H3,(H,24,27). The first-order chi connectivity index (χ1) is 13.7. The second-order valence-electron chi connectivity index (χ2n) is 8.30. The Morgan fingerprint density at radius 3 is 3.00 bits per heavy atom. The molecule has 5 rings (SSSR count). The zero-order valence-corrected chi connectivity index (χ0v) is 16.2. The number of methoxy groups -OCH3 is 1. The van der Waals surface area contributed by atoms with E-state index in [2.05, 4.69) is 31.3 Å². The Morgan fingerprint density at radius 1 is 1.32 bits per heavy atom. The van der Waals surface area contributed by atoms with Crippen molar-refractivity contribution in [1.82, 2.24) is 30.0 Å². The fourth-order valence-corrected chi connectivity index (χ4v) is 4.77. The van der Waals surface area contributed by atoms with Gasteiger partial charge in [0.25, 0.3) is 0 Å². The van der Waals surface area contributed by atoms with Gasteiger partial charge in [-0.15, -0.1) is 0 Å². The highest BCUT2D eigenvalue weighted by Gasteiger charge is 2.50. The number of ether oxygens (including phenoxy) is 1. The van der Waals surface area contributed by atoms with Crippen molar-refractivity contribution in [3.8, 4) is 5.88 Å². The van der Waals surface area contributed by atoms with Crippen LogP contribution in [0.3, 0.4) is 0 Å². The van der Waals surface area contributed by atoms with Gasteiger partial charge in [-0.1, -0.05) is 6.07 Å². The molecule has 1 spiro atoms. The third-order valence-corrected chi connectivity index (χ3v) is 6.47. The molecule has 1 saturated heterocycles. The van der Waals surface area contributed by atoms with Gasteiger partial charge >= 0.3 is 0 Å². The molecule has 0 radical (unpaired) electrons. The molecule has 1 amide bonds. The van der Waals surface area contributed by atoms with Crippen LogP contribution in [0, 0.1) is 11.3 Å². The number of amides is 1. The van der Waals surface area contributed by atoms with Crippen molar-refractivity contribution in [1.29, 1.82) is 0 Å². The number of rotatable bonds is 5. The average Bonchev–Trinajstić information content (AvgIpc) is 3.33. The normalized spacial score (nSPS) is 27.0. The van der Waals surface area contributed by atoms with Gasteiger partial charge < -0.3 is 10.1 Å². The Kier molecular flexibility index (Phi) is 4.30. The number of likely N-dealkylation sites (tertiary alicyclic amines) is 1. The Hall–Kier alpha value is -2.48. The van der Waals surface area contributed by atoms with E-state index < -0.39 is 0 Å². The van der Waals surface area contributed by atoms with E-state index in [0.29, 0.717) is 5.88 Å². The van der Waals surface area contributed by atoms with Crippen LogP contribution < -0.4 is 10.1 Å². The quantitative estimate of drug-likeness (QED) is 0.844. The molecule has 8 nitrogen and oxygen atoms in total. The van der Waals surface area contributed by atoms with Crippen LogP contribution in [-0.2, 0) is 17.9 Å². The van der Waals surface area contributed by atoms with Crippen molar-refractivity contribution in [3.05, 3.63) is 36.0 Å². The predicted octanol–water partition coefficient (Wildman–Crippen LogP) is 1.54. The van der Waals surface area contributed by atoms with Crippen molar-refractivity contribution >= 4 is 5.91 Å². The van der Waals surface area contributed by atoms with Crippen LogP contribution in [0.5, 0.6) is 5.88 Å². The number of nitrogens with zero attached hydrogens (tertiary/aromatic N) is 5. The lowest BCUT2D eigenvalue weighted by molar-refractivity contribution is -0.124. The van der Waals surface area contributed by atoms with Gasteiger partial charge in [-0.25, -0.2) is 14.6 Å². The van der Waals surface area contributed by atoms with Gasteiger partial charge in [0.05, 0.1) is 13.2 Å². The topological polar surface area (TPSA) is 85.2 Å². The molecule has 2 atom stereocenters. The van der Waals surface area contributed by atoms with Gasteiger partial charge in [0.1, 0.15) is 12.2 Å². The maximum absolute atomic E-state index is 12.6. The highest BCUT2D eigenvalue weighted by atomic mass is 16.5. The molecule has 1 saturated carbocycles. The summed E-state index contributed by atoms with van der Waals surface area (Å²) in [5, 5.41) is 7.69. The molecule has 148 valence electrons. The van der Waals surface area contributed by atoms with E-state index in [1.165, 1.54) is 0 Å². The molecule has 2 aliphatic heterocycles. The third-order valence-electron chi connectivity index (χ3n) is 6.47. The van der Waals surface area contributed by atoms with E-state index in [9.17, 15) is 4.79 Å². The molecule has 4 heterocycles. The maximum atomic E-state index is 12.6. The van der Waals surface area contributed by atoms with E-state index in [4.69, 9.17) is 4.74 Å². The first kappa shape index (κ1) is 17.6. The van der Waals surface area contributed by atoms with Crippen LogP contribution >= 0.6 is 0 Å². The Bertz CT molecular complexity index is 879. The summed E-state index contributed by atoms with van der Waals surface area (Å²) < 4.78 is 7.37. The summed E-state index contributed by atoms with van der Waals surface area (Å²) in [6.45, 7) is 3.57. The number of nitrogens with one attached hydrogen (secondary N) is 1. The average molecular weight is 382 g/mol. The minimum absolute atomic E-state index is 0.00300. The number of hydrogen-bond donors (Lipinski definition) is 1. The van der Waals surface area contributed by atoms with Gasteiger partial charge in [-0.3, -0.25) is 9.69 Å². The number of hydrogen-bond acceptors (Lipinski definition) is 6. The fourth-order valence-electron chi connectivity index (χ4n) is 4.77. The highest BCUT2D eigenvalue weighted by Crippen LogP contribution is 2.48. The number of carbonyl (C=O) groups excluding carboxylic acids is 1. The minimum Gasteiger partial charge on any atom is -0.481 e. The van der Waals surface area contributed by atoms with Crippen molar-refractivity contribution in [2.24, 2.45) is 11.3 Å². The number of pyridine rings is 1. The van der Waals surface area contributed by atoms with Gasteiger partial charge in [0, 0.05) is 42.7 Å². The van der Waals surface area contributed by atoms with E-state index in [1.54, 1.807) is 19.6 Å². The molecule has 3 aliphatic rings. The van der Waals surface area contributed by atoms with Crippen molar-refractivity contribution in [2.75, 3.05) is 20.2 Å².